The number of nitrogens with one attached hydrogen (secondary N) is 1. The third kappa shape index (κ3) is 3.77. The second kappa shape index (κ2) is 7.00. The van der Waals surface area contributed by atoms with E-state index < -0.39 is 11.4 Å². The molecule has 0 aliphatic rings. The van der Waals surface area contributed by atoms with Crippen molar-refractivity contribution < 1.29 is 14.7 Å². The molecule has 1 amide bonds. The van der Waals surface area contributed by atoms with Crippen molar-refractivity contribution in [1.82, 2.24) is 4.98 Å². The average Bonchev–Trinajstić information content (AvgIpc) is 2.43. The van der Waals surface area contributed by atoms with Gasteiger partial charge in [-0.1, -0.05) is 13.8 Å². The zero-order valence-electron chi connectivity index (χ0n) is 11.8. The lowest BCUT2D eigenvalue weighted by molar-refractivity contribution is -0.136. The monoisotopic (exact) mass is 279 g/mol. The standard InChI is InChI=1S/C14H21N3O3/c1-3-14(4-2,9-15)13(20)17-11-6-5-10(16-8-11)7-12(18)19/h5-6,8H,3-4,7,9,15H2,1-2H3,(H,17,20)(H,18,19). The van der Waals surface area contributed by atoms with Gasteiger partial charge in [-0.25, -0.2) is 0 Å². The third-order valence-electron chi connectivity index (χ3n) is 3.64. The number of hydrogen-bond acceptors (Lipinski definition) is 4. The van der Waals surface area contributed by atoms with E-state index in [1.807, 2.05) is 13.8 Å². The van der Waals surface area contributed by atoms with E-state index in [2.05, 4.69) is 10.3 Å². The van der Waals surface area contributed by atoms with E-state index in [-0.39, 0.29) is 18.9 Å². The lowest BCUT2D eigenvalue weighted by Crippen LogP contribution is -2.41. The van der Waals surface area contributed by atoms with Gasteiger partial charge in [0, 0.05) is 6.54 Å². The van der Waals surface area contributed by atoms with Gasteiger partial charge in [0.2, 0.25) is 5.91 Å². The summed E-state index contributed by atoms with van der Waals surface area (Å²) in [6.45, 7) is 4.16. The molecule has 1 rings (SSSR count). The minimum atomic E-state index is -0.937. The normalized spacial score (nSPS) is 11.2. The predicted molar refractivity (Wildman–Crippen MR) is 76.3 cm³/mol. The zero-order chi connectivity index (χ0) is 15.2. The van der Waals surface area contributed by atoms with E-state index >= 15 is 0 Å². The smallest absolute Gasteiger partial charge is 0.309 e. The van der Waals surface area contributed by atoms with Crippen LogP contribution in [0.3, 0.4) is 0 Å². The number of aliphatic carboxylic acids is 1. The van der Waals surface area contributed by atoms with Crippen LogP contribution in [0, 0.1) is 5.41 Å². The van der Waals surface area contributed by atoms with Gasteiger partial charge in [-0.15, -0.1) is 0 Å². The first kappa shape index (κ1) is 16.1. The number of carboxylic acid groups (broad SMARTS) is 1. The number of aromatic nitrogens is 1. The van der Waals surface area contributed by atoms with Crippen molar-refractivity contribution in [3.63, 3.8) is 0 Å². The van der Waals surface area contributed by atoms with Gasteiger partial charge < -0.3 is 16.2 Å². The van der Waals surface area contributed by atoms with Crippen molar-refractivity contribution in [2.45, 2.75) is 33.1 Å². The SMILES string of the molecule is CCC(CC)(CN)C(=O)Nc1ccc(CC(=O)O)nc1. The molecule has 0 spiro atoms. The maximum absolute atomic E-state index is 12.3. The topological polar surface area (TPSA) is 105 Å². The van der Waals surface area contributed by atoms with E-state index in [1.165, 1.54) is 6.20 Å². The molecule has 0 aromatic carbocycles. The van der Waals surface area contributed by atoms with Crippen LogP contribution < -0.4 is 11.1 Å². The van der Waals surface area contributed by atoms with Crippen LogP contribution in [-0.2, 0) is 16.0 Å². The van der Waals surface area contributed by atoms with Gasteiger partial charge in [-0.05, 0) is 25.0 Å². The van der Waals surface area contributed by atoms with Crippen molar-refractivity contribution in [3.8, 4) is 0 Å². The van der Waals surface area contributed by atoms with Crippen molar-refractivity contribution in [1.29, 1.82) is 0 Å². The molecule has 0 atom stereocenters. The molecule has 6 nitrogen and oxygen atoms in total. The average molecular weight is 279 g/mol. The van der Waals surface area contributed by atoms with Crippen molar-refractivity contribution in [2.24, 2.45) is 11.1 Å². The van der Waals surface area contributed by atoms with E-state index in [4.69, 9.17) is 10.8 Å². The molecule has 20 heavy (non-hydrogen) atoms. The second-order valence-corrected chi connectivity index (χ2v) is 4.75. The summed E-state index contributed by atoms with van der Waals surface area (Å²) in [6.07, 6.45) is 2.65. The van der Waals surface area contributed by atoms with Crippen LogP contribution in [0.4, 0.5) is 5.69 Å². The van der Waals surface area contributed by atoms with Crippen LogP contribution in [0.15, 0.2) is 18.3 Å². The van der Waals surface area contributed by atoms with Gasteiger partial charge in [-0.2, -0.15) is 0 Å². The number of carbonyl (C=O) groups excluding carboxylic acids is 1. The molecule has 0 fully saturated rings. The van der Waals surface area contributed by atoms with Crippen LogP contribution >= 0.6 is 0 Å². The van der Waals surface area contributed by atoms with Crippen molar-refractivity contribution in [3.05, 3.63) is 24.0 Å². The molecule has 0 bridgehead atoms. The quantitative estimate of drug-likeness (QED) is 0.700. The molecule has 4 N–H and O–H groups in total. The minimum absolute atomic E-state index is 0.127. The van der Waals surface area contributed by atoms with Crippen molar-refractivity contribution >= 4 is 17.6 Å². The molecule has 1 heterocycles. The van der Waals surface area contributed by atoms with Gasteiger partial charge >= 0.3 is 5.97 Å². The molecule has 0 aliphatic heterocycles. The lowest BCUT2D eigenvalue weighted by Gasteiger charge is -2.28. The van der Waals surface area contributed by atoms with Gasteiger partial charge in [-0.3, -0.25) is 14.6 Å². The highest BCUT2D eigenvalue weighted by Gasteiger charge is 2.33. The van der Waals surface area contributed by atoms with Crippen LogP contribution in [0.25, 0.3) is 0 Å². The molecule has 1 aromatic heterocycles. The minimum Gasteiger partial charge on any atom is -0.481 e. The number of carboxylic acids is 1. The molecule has 0 saturated carbocycles. The van der Waals surface area contributed by atoms with E-state index in [1.54, 1.807) is 12.1 Å². The first-order valence-corrected chi connectivity index (χ1v) is 6.65. The fourth-order valence-corrected chi connectivity index (χ4v) is 1.97. The van der Waals surface area contributed by atoms with Gasteiger partial charge in [0.25, 0.3) is 0 Å². The molecule has 1 aromatic rings. The first-order chi connectivity index (χ1) is 9.47. The molecular weight excluding hydrogens is 258 g/mol. The Kier molecular flexibility index (Phi) is 5.64. The largest absolute Gasteiger partial charge is 0.481 e. The Morgan fingerprint density at radius 2 is 2.00 bits per heavy atom. The van der Waals surface area contributed by atoms with Gasteiger partial charge in [0.1, 0.15) is 0 Å². The summed E-state index contributed by atoms with van der Waals surface area (Å²) in [7, 11) is 0. The number of nitrogens with zero attached hydrogens (tertiary/aromatic N) is 1. The van der Waals surface area contributed by atoms with Crippen LogP contribution in [0.2, 0.25) is 0 Å². The molecule has 0 radical (unpaired) electrons. The Hall–Kier alpha value is -1.95. The summed E-state index contributed by atoms with van der Waals surface area (Å²) in [5.74, 6) is -1.06. The van der Waals surface area contributed by atoms with Crippen LogP contribution in [0.5, 0.6) is 0 Å². The Labute approximate surface area is 118 Å². The Balaban J connectivity index is 2.78. The summed E-state index contributed by atoms with van der Waals surface area (Å²) in [5.41, 5.74) is 6.15. The Morgan fingerprint density at radius 1 is 1.35 bits per heavy atom. The number of nitrogens with two attached hydrogens (primary N) is 1. The summed E-state index contributed by atoms with van der Waals surface area (Å²) < 4.78 is 0. The van der Waals surface area contributed by atoms with Crippen LogP contribution in [0.1, 0.15) is 32.4 Å². The summed E-state index contributed by atoms with van der Waals surface area (Å²) in [6, 6.07) is 3.24. The van der Waals surface area contributed by atoms with Crippen molar-refractivity contribution in [2.75, 3.05) is 11.9 Å². The number of rotatable bonds is 7. The number of anilines is 1. The number of hydrogen-bond donors (Lipinski definition) is 3. The number of pyridine rings is 1. The molecule has 0 unspecified atom stereocenters. The highest BCUT2D eigenvalue weighted by molar-refractivity contribution is 5.95. The summed E-state index contributed by atoms with van der Waals surface area (Å²) in [5, 5.41) is 11.4. The predicted octanol–water partition coefficient (Wildman–Crippen LogP) is 1.41. The van der Waals surface area contributed by atoms with Gasteiger partial charge in [0.15, 0.2) is 0 Å². The number of amides is 1. The molecule has 0 aliphatic carbocycles. The molecule has 110 valence electrons. The molecule has 6 heteroatoms. The molecular formula is C14H21N3O3. The molecule has 0 saturated heterocycles. The third-order valence-corrected chi connectivity index (χ3v) is 3.64. The Morgan fingerprint density at radius 3 is 2.40 bits per heavy atom. The highest BCUT2D eigenvalue weighted by Crippen LogP contribution is 2.26. The highest BCUT2D eigenvalue weighted by atomic mass is 16.4. The second-order valence-electron chi connectivity index (χ2n) is 4.75. The summed E-state index contributed by atoms with van der Waals surface area (Å²) in [4.78, 5) is 26.8. The van der Waals surface area contributed by atoms with Crippen LogP contribution in [-0.4, -0.2) is 28.5 Å². The summed E-state index contributed by atoms with van der Waals surface area (Å²) >= 11 is 0. The van der Waals surface area contributed by atoms with E-state index in [9.17, 15) is 9.59 Å². The van der Waals surface area contributed by atoms with E-state index in [0.717, 1.165) is 0 Å². The fraction of sp³-hybridized carbons (Fsp3) is 0.500. The maximum atomic E-state index is 12.3. The van der Waals surface area contributed by atoms with E-state index in [0.29, 0.717) is 24.2 Å². The first-order valence-electron chi connectivity index (χ1n) is 6.65. The lowest BCUT2D eigenvalue weighted by atomic mass is 9.81. The Bertz CT molecular complexity index is 459. The zero-order valence-corrected chi connectivity index (χ0v) is 11.8. The van der Waals surface area contributed by atoms with Gasteiger partial charge in [0.05, 0.1) is 29.4 Å². The fourth-order valence-electron chi connectivity index (χ4n) is 1.97. The maximum Gasteiger partial charge on any atom is 0.309 e. The number of carbonyl (C=O) groups is 2.